The molecule has 1 heterocycles. The van der Waals surface area contributed by atoms with Gasteiger partial charge in [0.1, 0.15) is 5.82 Å². The number of ether oxygens (including phenoxy) is 1. The van der Waals surface area contributed by atoms with E-state index >= 15 is 0 Å². The van der Waals surface area contributed by atoms with E-state index in [2.05, 4.69) is 10.6 Å². The fourth-order valence-corrected chi connectivity index (χ4v) is 2.25. The summed E-state index contributed by atoms with van der Waals surface area (Å²) in [6.45, 7) is 2.66. The van der Waals surface area contributed by atoms with Crippen molar-refractivity contribution in [2.45, 2.75) is 25.3 Å². The van der Waals surface area contributed by atoms with Crippen molar-refractivity contribution >= 4 is 5.91 Å². The summed E-state index contributed by atoms with van der Waals surface area (Å²) >= 11 is 0. The van der Waals surface area contributed by atoms with Crippen LogP contribution >= 0.6 is 0 Å². The van der Waals surface area contributed by atoms with Crippen molar-refractivity contribution in [1.82, 2.24) is 10.6 Å². The van der Waals surface area contributed by atoms with E-state index in [9.17, 15) is 9.18 Å². The molecule has 1 fully saturated rings. The van der Waals surface area contributed by atoms with Crippen molar-refractivity contribution in [2.24, 2.45) is 0 Å². The van der Waals surface area contributed by atoms with Crippen LogP contribution in [0.2, 0.25) is 0 Å². The highest BCUT2D eigenvalue weighted by atomic mass is 19.1. The molecule has 110 valence electrons. The number of halogens is 1. The highest BCUT2D eigenvalue weighted by Crippen LogP contribution is 2.08. The van der Waals surface area contributed by atoms with Gasteiger partial charge in [-0.1, -0.05) is 18.2 Å². The Balaban J connectivity index is 1.60. The van der Waals surface area contributed by atoms with Crippen LogP contribution in [0.5, 0.6) is 0 Å². The van der Waals surface area contributed by atoms with E-state index in [-0.39, 0.29) is 17.8 Å². The number of rotatable bonds is 6. The van der Waals surface area contributed by atoms with Crippen molar-refractivity contribution < 1.29 is 13.9 Å². The number of benzene rings is 1. The summed E-state index contributed by atoms with van der Waals surface area (Å²) in [6.07, 6.45) is 1.80. The maximum absolute atomic E-state index is 13.4. The van der Waals surface area contributed by atoms with E-state index in [1.54, 1.807) is 12.1 Å². The van der Waals surface area contributed by atoms with Crippen LogP contribution in [-0.4, -0.2) is 38.3 Å². The van der Waals surface area contributed by atoms with Crippen LogP contribution in [0, 0.1) is 5.82 Å². The Kier molecular flexibility index (Phi) is 5.95. The fraction of sp³-hybridized carbons (Fsp3) is 0.533. The minimum absolute atomic E-state index is 0.0153. The molecule has 20 heavy (non-hydrogen) atoms. The number of carbonyl (C=O) groups excluding carboxylic acids is 1. The zero-order valence-corrected chi connectivity index (χ0v) is 11.5. The number of morpholine rings is 1. The third-order valence-corrected chi connectivity index (χ3v) is 3.33. The lowest BCUT2D eigenvalue weighted by molar-refractivity contribution is -0.122. The van der Waals surface area contributed by atoms with Gasteiger partial charge < -0.3 is 15.4 Å². The summed E-state index contributed by atoms with van der Waals surface area (Å²) in [5, 5.41) is 6.10. The van der Waals surface area contributed by atoms with Crippen LogP contribution in [-0.2, 0) is 16.0 Å². The molecule has 1 atom stereocenters. The van der Waals surface area contributed by atoms with E-state index in [4.69, 9.17) is 4.74 Å². The quantitative estimate of drug-likeness (QED) is 0.771. The average Bonchev–Trinajstić information content (AvgIpc) is 2.46. The standard InChI is InChI=1S/C15H21FN2O2/c16-14-6-2-1-4-12(14)5-3-7-18-15(19)10-13-11-20-9-8-17-13/h1-2,4,6,13,17H,3,5,7-11H2,(H,18,19). The topological polar surface area (TPSA) is 50.4 Å². The van der Waals surface area contributed by atoms with Gasteiger partial charge in [0.25, 0.3) is 0 Å². The predicted octanol–water partition coefficient (Wildman–Crippen LogP) is 1.25. The third-order valence-electron chi connectivity index (χ3n) is 3.33. The maximum Gasteiger partial charge on any atom is 0.221 e. The van der Waals surface area contributed by atoms with E-state index in [1.165, 1.54) is 6.07 Å². The lowest BCUT2D eigenvalue weighted by Crippen LogP contribution is -2.44. The van der Waals surface area contributed by atoms with Gasteiger partial charge in [-0.25, -0.2) is 4.39 Å². The predicted molar refractivity (Wildman–Crippen MR) is 75.0 cm³/mol. The molecule has 1 aromatic carbocycles. The average molecular weight is 280 g/mol. The smallest absolute Gasteiger partial charge is 0.221 e. The summed E-state index contributed by atoms with van der Waals surface area (Å²) in [6, 6.07) is 6.85. The summed E-state index contributed by atoms with van der Waals surface area (Å²) in [5.74, 6) is -0.163. The van der Waals surface area contributed by atoms with Gasteiger partial charge in [0.15, 0.2) is 0 Å². The molecule has 1 aromatic rings. The highest BCUT2D eigenvalue weighted by molar-refractivity contribution is 5.76. The molecule has 0 bridgehead atoms. The number of nitrogens with one attached hydrogen (secondary N) is 2. The Labute approximate surface area is 118 Å². The zero-order valence-electron chi connectivity index (χ0n) is 11.5. The molecule has 1 aliphatic rings. The summed E-state index contributed by atoms with van der Waals surface area (Å²) in [7, 11) is 0. The van der Waals surface area contributed by atoms with E-state index < -0.39 is 0 Å². The number of carbonyl (C=O) groups is 1. The zero-order chi connectivity index (χ0) is 14.2. The van der Waals surface area contributed by atoms with Crippen LogP contribution in [0.4, 0.5) is 4.39 Å². The molecule has 0 aliphatic carbocycles. The van der Waals surface area contributed by atoms with Crippen molar-refractivity contribution in [2.75, 3.05) is 26.3 Å². The molecule has 1 aliphatic heterocycles. The summed E-state index contributed by atoms with van der Waals surface area (Å²) < 4.78 is 18.7. The van der Waals surface area contributed by atoms with Gasteiger partial charge in [0.05, 0.1) is 13.2 Å². The Bertz CT molecular complexity index is 434. The molecule has 0 radical (unpaired) electrons. The minimum Gasteiger partial charge on any atom is -0.378 e. The summed E-state index contributed by atoms with van der Waals surface area (Å²) in [4.78, 5) is 11.7. The summed E-state index contributed by atoms with van der Waals surface area (Å²) in [5.41, 5.74) is 0.698. The molecular weight excluding hydrogens is 259 g/mol. The highest BCUT2D eigenvalue weighted by Gasteiger charge is 2.16. The Morgan fingerprint density at radius 1 is 1.45 bits per heavy atom. The van der Waals surface area contributed by atoms with Crippen LogP contribution in [0.1, 0.15) is 18.4 Å². The first-order chi connectivity index (χ1) is 9.75. The SMILES string of the molecule is O=C(CC1COCCN1)NCCCc1ccccc1F. The van der Waals surface area contributed by atoms with E-state index in [0.717, 1.165) is 13.0 Å². The number of amides is 1. The third kappa shape index (κ3) is 4.90. The molecule has 5 heteroatoms. The van der Waals surface area contributed by atoms with Gasteiger partial charge in [-0.3, -0.25) is 4.79 Å². The maximum atomic E-state index is 13.4. The first kappa shape index (κ1) is 14.9. The Morgan fingerprint density at radius 3 is 3.05 bits per heavy atom. The number of hydrogen-bond donors (Lipinski definition) is 2. The second kappa shape index (κ2) is 7.97. The van der Waals surface area contributed by atoms with Gasteiger partial charge in [-0.05, 0) is 24.5 Å². The van der Waals surface area contributed by atoms with Crippen molar-refractivity contribution in [3.05, 3.63) is 35.6 Å². The molecule has 1 saturated heterocycles. The van der Waals surface area contributed by atoms with Crippen LogP contribution in [0.15, 0.2) is 24.3 Å². The van der Waals surface area contributed by atoms with Crippen molar-refractivity contribution in [3.8, 4) is 0 Å². The van der Waals surface area contributed by atoms with Crippen LogP contribution in [0.25, 0.3) is 0 Å². The largest absolute Gasteiger partial charge is 0.378 e. The molecule has 1 amide bonds. The molecule has 1 unspecified atom stereocenters. The van der Waals surface area contributed by atoms with Crippen molar-refractivity contribution in [3.63, 3.8) is 0 Å². The first-order valence-electron chi connectivity index (χ1n) is 7.07. The van der Waals surface area contributed by atoms with Crippen LogP contribution in [0.3, 0.4) is 0 Å². The number of aryl methyl sites for hydroxylation is 1. The van der Waals surface area contributed by atoms with Crippen LogP contribution < -0.4 is 10.6 Å². The molecule has 2 rings (SSSR count). The fourth-order valence-electron chi connectivity index (χ4n) is 2.25. The minimum atomic E-state index is -0.178. The molecule has 4 nitrogen and oxygen atoms in total. The molecule has 0 saturated carbocycles. The van der Waals surface area contributed by atoms with Gasteiger partial charge in [0, 0.05) is 25.6 Å². The molecule has 0 spiro atoms. The monoisotopic (exact) mass is 280 g/mol. The molecular formula is C15H21FN2O2. The van der Waals surface area contributed by atoms with Gasteiger partial charge >= 0.3 is 0 Å². The second-order valence-electron chi connectivity index (χ2n) is 4.98. The second-order valence-corrected chi connectivity index (χ2v) is 4.98. The Morgan fingerprint density at radius 2 is 2.30 bits per heavy atom. The van der Waals surface area contributed by atoms with E-state index in [0.29, 0.717) is 38.2 Å². The Hall–Kier alpha value is -1.46. The normalized spacial score (nSPS) is 18.8. The van der Waals surface area contributed by atoms with Crippen molar-refractivity contribution in [1.29, 1.82) is 0 Å². The van der Waals surface area contributed by atoms with Gasteiger partial charge in [-0.15, -0.1) is 0 Å². The van der Waals surface area contributed by atoms with Gasteiger partial charge in [-0.2, -0.15) is 0 Å². The van der Waals surface area contributed by atoms with E-state index in [1.807, 2.05) is 6.07 Å². The van der Waals surface area contributed by atoms with Gasteiger partial charge in [0.2, 0.25) is 5.91 Å². The lowest BCUT2D eigenvalue weighted by atomic mass is 10.1. The first-order valence-corrected chi connectivity index (χ1v) is 7.07. The molecule has 2 N–H and O–H groups in total. The lowest BCUT2D eigenvalue weighted by Gasteiger charge is -2.23. The molecule has 0 aromatic heterocycles. The number of hydrogen-bond acceptors (Lipinski definition) is 3.